The lowest BCUT2D eigenvalue weighted by Crippen LogP contribution is -2.40. The van der Waals surface area contributed by atoms with Gasteiger partial charge in [0.2, 0.25) is 0 Å². The minimum atomic E-state index is 0. The third-order valence-electron chi connectivity index (χ3n) is 4.47. The summed E-state index contributed by atoms with van der Waals surface area (Å²) in [6.07, 6.45) is 1.07. The number of hydrogen-bond donors (Lipinski definition) is 2. The van der Waals surface area contributed by atoms with Crippen LogP contribution in [0.5, 0.6) is 11.5 Å². The van der Waals surface area contributed by atoms with E-state index in [1.54, 1.807) is 0 Å². The molecule has 0 bridgehead atoms. The number of morpholine rings is 1. The van der Waals surface area contributed by atoms with Crippen LogP contribution in [0.2, 0.25) is 5.02 Å². The van der Waals surface area contributed by atoms with E-state index in [4.69, 9.17) is 25.8 Å². The van der Waals surface area contributed by atoms with Gasteiger partial charge in [0.05, 0.1) is 24.8 Å². The Labute approximate surface area is 189 Å². The van der Waals surface area contributed by atoms with Crippen LogP contribution in [0.25, 0.3) is 0 Å². The monoisotopic (exact) mass is 524 g/mol. The first kappa shape index (κ1) is 23.3. The summed E-state index contributed by atoms with van der Waals surface area (Å²) >= 11 is 6.30. The molecule has 1 fully saturated rings. The van der Waals surface area contributed by atoms with E-state index in [1.165, 1.54) is 0 Å². The smallest absolute Gasteiger partial charge is 0.191 e. The van der Waals surface area contributed by atoms with Crippen LogP contribution < -0.4 is 20.1 Å². The van der Waals surface area contributed by atoms with Crippen LogP contribution in [0.3, 0.4) is 0 Å². The van der Waals surface area contributed by atoms with E-state index < -0.39 is 0 Å². The summed E-state index contributed by atoms with van der Waals surface area (Å²) in [5.74, 6) is 2.14. The number of rotatable bonds is 7. The van der Waals surface area contributed by atoms with E-state index >= 15 is 0 Å². The summed E-state index contributed by atoms with van der Waals surface area (Å²) in [7, 11) is 0. The zero-order valence-electron chi connectivity index (χ0n) is 16.3. The van der Waals surface area contributed by atoms with Gasteiger partial charge in [0.15, 0.2) is 17.5 Å². The highest BCUT2D eigenvalue weighted by molar-refractivity contribution is 14.0. The van der Waals surface area contributed by atoms with Crippen molar-refractivity contribution in [3.8, 4) is 11.5 Å². The summed E-state index contributed by atoms with van der Waals surface area (Å²) < 4.78 is 16.6. The lowest BCUT2D eigenvalue weighted by atomic mass is 10.2. The zero-order chi connectivity index (χ0) is 18.9. The van der Waals surface area contributed by atoms with Crippen LogP contribution in [0.4, 0.5) is 0 Å². The molecular weight excluding hydrogens is 495 g/mol. The van der Waals surface area contributed by atoms with Gasteiger partial charge in [-0.2, -0.15) is 0 Å². The van der Waals surface area contributed by atoms with Gasteiger partial charge in [-0.05, 0) is 37.6 Å². The fraction of sp³-hybridized carbons (Fsp3) is 0.632. The molecule has 0 aromatic heterocycles. The molecule has 3 rings (SSSR count). The predicted octanol–water partition coefficient (Wildman–Crippen LogP) is 2.51. The molecule has 0 radical (unpaired) electrons. The molecule has 2 aliphatic rings. The van der Waals surface area contributed by atoms with Gasteiger partial charge in [0.25, 0.3) is 0 Å². The molecule has 1 aromatic rings. The van der Waals surface area contributed by atoms with E-state index in [2.05, 4.69) is 27.4 Å². The number of halogens is 2. The van der Waals surface area contributed by atoms with E-state index in [-0.39, 0.29) is 24.0 Å². The Balaban J connectivity index is 0.00000280. The SMILES string of the molecule is CCNC(=NCc1cc(Cl)c2c(c1)OCCO2)NCCCN1CCOCC1.I. The van der Waals surface area contributed by atoms with Crippen LogP contribution >= 0.6 is 35.6 Å². The maximum absolute atomic E-state index is 6.30. The number of hydrogen-bond acceptors (Lipinski definition) is 5. The second-order valence-electron chi connectivity index (χ2n) is 6.53. The molecule has 0 atom stereocenters. The first-order valence-corrected chi connectivity index (χ1v) is 10.0. The highest BCUT2D eigenvalue weighted by Crippen LogP contribution is 2.38. The van der Waals surface area contributed by atoms with E-state index in [1.807, 2.05) is 12.1 Å². The van der Waals surface area contributed by atoms with Gasteiger partial charge < -0.3 is 24.8 Å². The Morgan fingerprint density at radius 3 is 2.71 bits per heavy atom. The van der Waals surface area contributed by atoms with Crippen LogP contribution in [0.15, 0.2) is 17.1 Å². The van der Waals surface area contributed by atoms with Crippen molar-refractivity contribution in [1.29, 1.82) is 0 Å². The van der Waals surface area contributed by atoms with Crippen molar-refractivity contribution in [2.45, 2.75) is 19.9 Å². The maximum atomic E-state index is 6.30. The minimum Gasteiger partial charge on any atom is -0.486 e. The first-order valence-electron chi connectivity index (χ1n) is 9.66. The molecule has 1 saturated heterocycles. The average Bonchev–Trinajstić information content (AvgIpc) is 2.70. The molecule has 9 heteroatoms. The number of nitrogens with one attached hydrogen (secondary N) is 2. The number of ether oxygens (including phenoxy) is 3. The summed E-state index contributed by atoms with van der Waals surface area (Å²) in [5, 5.41) is 7.25. The molecule has 28 heavy (non-hydrogen) atoms. The summed E-state index contributed by atoms with van der Waals surface area (Å²) in [6.45, 7) is 10.2. The van der Waals surface area contributed by atoms with E-state index in [0.29, 0.717) is 36.3 Å². The van der Waals surface area contributed by atoms with Gasteiger partial charge in [0, 0.05) is 26.2 Å². The standard InChI is InChI=1S/C19H29ClN4O3.HI/c1-2-21-19(22-4-3-5-24-6-8-25-9-7-24)23-14-15-12-16(20)18-17(13-15)26-10-11-27-18;/h12-13H,2-11,14H2,1H3,(H2,21,22,23);1H. The third-order valence-corrected chi connectivity index (χ3v) is 4.75. The molecule has 1 aromatic carbocycles. The van der Waals surface area contributed by atoms with Crippen molar-refractivity contribution in [3.05, 3.63) is 22.7 Å². The molecule has 158 valence electrons. The molecular formula is C19H30ClIN4O3. The van der Waals surface area contributed by atoms with Gasteiger partial charge in [-0.3, -0.25) is 4.90 Å². The Kier molecular flexibility index (Phi) is 10.5. The van der Waals surface area contributed by atoms with Crippen LogP contribution in [0.1, 0.15) is 18.9 Å². The molecule has 7 nitrogen and oxygen atoms in total. The zero-order valence-corrected chi connectivity index (χ0v) is 19.4. The van der Waals surface area contributed by atoms with Crippen LogP contribution in [-0.2, 0) is 11.3 Å². The topological polar surface area (TPSA) is 67.4 Å². The second-order valence-corrected chi connectivity index (χ2v) is 6.94. The Morgan fingerprint density at radius 2 is 1.93 bits per heavy atom. The molecule has 0 amide bonds. The lowest BCUT2D eigenvalue weighted by Gasteiger charge is -2.26. The fourth-order valence-electron chi connectivity index (χ4n) is 3.10. The minimum absolute atomic E-state index is 0. The molecule has 2 heterocycles. The molecule has 0 unspecified atom stereocenters. The normalized spacial score (nSPS) is 17.0. The number of benzene rings is 1. The quantitative estimate of drug-likeness (QED) is 0.247. The maximum Gasteiger partial charge on any atom is 0.191 e. The van der Waals surface area contributed by atoms with Gasteiger partial charge in [-0.25, -0.2) is 4.99 Å². The van der Waals surface area contributed by atoms with Crippen molar-refractivity contribution in [2.75, 3.05) is 59.2 Å². The van der Waals surface area contributed by atoms with Gasteiger partial charge in [-0.1, -0.05) is 11.6 Å². The van der Waals surface area contributed by atoms with Gasteiger partial charge >= 0.3 is 0 Å². The van der Waals surface area contributed by atoms with Crippen LogP contribution in [-0.4, -0.2) is 70.0 Å². The van der Waals surface area contributed by atoms with Gasteiger partial charge in [-0.15, -0.1) is 24.0 Å². The highest BCUT2D eigenvalue weighted by atomic mass is 127. The van der Waals surface area contributed by atoms with E-state index in [9.17, 15) is 0 Å². The van der Waals surface area contributed by atoms with Crippen molar-refractivity contribution < 1.29 is 14.2 Å². The average molecular weight is 525 g/mol. The Morgan fingerprint density at radius 1 is 1.14 bits per heavy atom. The van der Waals surface area contributed by atoms with E-state index in [0.717, 1.165) is 63.9 Å². The summed E-state index contributed by atoms with van der Waals surface area (Å²) in [5.41, 5.74) is 0.995. The number of fused-ring (bicyclic) bond motifs is 1. The Hall–Kier alpha value is -0.970. The molecule has 2 aliphatic heterocycles. The fourth-order valence-corrected chi connectivity index (χ4v) is 3.39. The summed E-state index contributed by atoms with van der Waals surface area (Å²) in [6, 6.07) is 3.84. The number of guanidine groups is 1. The summed E-state index contributed by atoms with van der Waals surface area (Å²) in [4.78, 5) is 7.10. The molecule has 0 aliphatic carbocycles. The molecule has 0 saturated carbocycles. The second kappa shape index (κ2) is 12.6. The third kappa shape index (κ3) is 7.13. The lowest BCUT2D eigenvalue weighted by molar-refractivity contribution is 0.0376. The van der Waals surface area contributed by atoms with Crippen LogP contribution in [0, 0.1) is 0 Å². The van der Waals surface area contributed by atoms with Gasteiger partial charge in [0.1, 0.15) is 13.2 Å². The Bertz CT molecular complexity index is 642. The van der Waals surface area contributed by atoms with Crippen molar-refractivity contribution >= 4 is 41.5 Å². The van der Waals surface area contributed by atoms with Crippen molar-refractivity contribution in [2.24, 2.45) is 4.99 Å². The van der Waals surface area contributed by atoms with Crippen molar-refractivity contribution in [1.82, 2.24) is 15.5 Å². The highest BCUT2D eigenvalue weighted by Gasteiger charge is 2.16. The largest absolute Gasteiger partial charge is 0.486 e. The van der Waals surface area contributed by atoms with Crippen molar-refractivity contribution in [3.63, 3.8) is 0 Å². The molecule has 2 N–H and O–H groups in total. The molecule has 0 spiro atoms. The number of nitrogens with zero attached hydrogens (tertiary/aromatic N) is 2. The predicted molar refractivity (Wildman–Crippen MR) is 123 cm³/mol. The number of aliphatic imine (C=N–C) groups is 1. The first-order chi connectivity index (χ1) is 13.3.